The third-order valence-corrected chi connectivity index (χ3v) is 7.73. The summed E-state index contributed by atoms with van der Waals surface area (Å²) >= 11 is 0. The van der Waals surface area contributed by atoms with E-state index in [0.29, 0.717) is 11.9 Å². The fourth-order valence-corrected chi connectivity index (χ4v) is 5.43. The van der Waals surface area contributed by atoms with Crippen LogP contribution >= 0.6 is 0 Å². The quantitative estimate of drug-likeness (QED) is 0.411. The molecule has 3 aliphatic rings. The molecule has 1 saturated heterocycles. The van der Waals surface area contributed by atoms with Crippen molar-refractivity contribution in [3.63, 3.8) is 0 Å². The van der Waals surface area contributed by atoms with E-state index in [0.717, 1.165) is 84.2 Å². The van der Waals surface area contributed by atoms with E-state index in [2.05, 4.69) is 87.4 Å². The maximum Gasteiger partial charge on any atom is 0.225 e. The standard InChI is InChI=1S/C33H36N6O/c1-23(2)39-17-15-38(16-18-39)21-29-22-40-33(36-29)28-11-5-8-25-13-14-26(9-6-10-27(25)19-28)30-20-34-37-32(30)31-12-4-7-24(3)35-31/h4,6-14,19-20,22-23H,5,15-18,21H2,1-3H3,(H,34,37)/b10-6+,14-13?,26-9?. The van der Waals surface area contributed by atoms with Crippen molar-refractivity contribution in [1.29, 1.82) is 0 Å². The van der Waals surface area contributed by atoms with Gasteiger partial charge in [0.2, 0.25) is 5.89 Å². The van der Waals surface area contributed by atoms with Gasteiger partial charge in [0.25, 0.3) is 0 Å². The number of aryl methyl sites for hydroxylation is 1. The van der Waals surface area contributed by atoms with E-state index < -0.39 is 0 Å². The first-order chi connectivity index (χ1) is 19.5. The number of allylic oxidation sites excluding steroid dienone is 12. The molecule has 4 heterocycles. The molecule has 0 saturated carbocycles. The fourth-order valence-electron chi connectivity index (χ4n) is 5.43. The fraction of sp³-hybridized carbons (Fsp3) is 0.303. The Labute approximate surface area is 236 Å². The third kappa shape index (κ3) is 5.76. The second kappa shape index (κ2) is 11.6. The summed E-state index contributed by atoms with van der Waals surface area (Å²) in [5.41, 5.74) is 9.19. The molecule has 204 valence electrons. The summed E-state index contributed by atoms with van der Waals surface area (Å²) in [5.74, 6) is 0.683. The molecule has 0 spiro atoms. The Kier molecular flexibility index (Phi) is 7.58. The van der Waals surface area contributed by atoms with Crippen molar-refractivity contribution in [2.24, 2.45) is 0 Å². The van der Waals surface area contributed by atoms with Crippen LogP contribution in [0.3, 0.4) is 0 Å². The Hall–Kier alpha value is -4.07. The maximum atomic E-state index is 5.97. The van der Waals surface area contributed by atoms with Crippen molar-refractivity contribution in [3.8, 4) is 11.4 Å². The summed E-state index contributed by atoms with van der Waals surface area (Å²) in [7, 11) is 0. The van der Waals surface area contributed by atoms with Crippen molar-refractivity contribution in [2.75, 3.05) is 26.2 Å². The second-order valence-electron chi connectivity index (χ2n) is 10.8. The molecule has 7 nitrogen and oxygen atoms in total. The number of piperazine rings is 1. The highest BCUT2D eigenvalue weighted by atomic mass is 16.3. The Balaban J connectivity index is 1.18. The zero-order valence-corrected chi connectivity index (χ0v) is 23.5. The highest BCUT2D eigenvalue weighted by Crippen LogP contribution is 2.31. The zero-order valence-electron chi connectivity index (χ0n) is 23.5. The molecule has 1 fully saturated rings. The number of hydrogen-bond acceptors (Lipinski definition) is 6. The largest absolute Gasteiger partial charge is 0.444 e. The summed E-state index contributed by atoms with van der Waals surface area (Å²) in [6, 6.07) is 6.64. The van der Waals surface area contributed by atoms with Gasteiger partial charge in [0.1, 0.15) is 6.26 Å². The van der Waals surface area contributed by atoms with E-state index in [1.165, 1.54) is 5.57 Å². The number of nitrogens with zero attached hydrogens (tertiary/aromatic N) is 5. The molecular weight excluding hydrogens is 496 g/mol. The number of nitrogens with one attached hydrogen (secondary N) is 1. The van der Waals surface area contributed by atoms with Crippen molar-refractivity contribution >= 4 is 11.1 Å². The van der Waals surface area contributed by atoms with Gasteiger partial charge in [-0.1, -0.05) is 48.6 Å². The van der Waals surface area contributed by atoms with Crippen LogP contribution in [0.1, 0.15) is 43.1 Å². The number of hydrogen-bond donors (Lipinski definition) is 1. The molecule has 1 N–H and O–H groups in total. The lowest BCUT2D eigenvalue weighted by atomic mass is 9.96. The van der Waals surface area contributed by atoms with Gasteiger partial charge in [-0.3, -0.25) is 19.9 Å². The smallest absolute Gasteiger partial charge is 0.225 e. The first-order valence-corrected chi connectivity index (χ1v) is 14.1. The zero-order chi connectivity index (χ0) is 27.5. The average Bonchev–Trinajstić information content (AvgIpc) is 3.57. The summed E-state index contributed by atoms with van der Waals surface area (Å²) in [5, 5.41) is 7.46. The van der Waals surface area contributed by atoms with Gasteiger partial charge in [0.15, 0.2) is 0 Å². The molecule has 2 aliphatic carbocycles. The molecule has 3 aromatic heterocycles. The predicted octanol–water partition coefficient (Wildman–Crippen LogP) is 6.14. The molecule has 3 aromatic rings. The van der Waals surface area contributed by atoms with E-state index in [1.54, 1.807) is 0 Å². The molecule has 0 bridgehead atoms. The normalized spacial score (nSPS) is 19.2. The number of pyridine rings is 1. The SMILES string of the molecule is Cc1cccc(-c2[nH]ncc2C2=C/C=C/C3=CC(c4nc(CN5CCN(C(C)C)CC5)co4)=CCC=C3C=C2)n1. The van der Waals surface area contributed by atoms with E-state index in [1.807, 2.05) is 37.6 Å². The highest BCUT2D eigenvalue weighted by Gasteiger charge is 2.20. The van der Waals surface area contributed by atoms with Gasteiger partial charge in [-0.2, -0.15) is 5.10 Å². The predicted molar refractivity (Wildman–Crippen MR) is 160 cm³/mol. The summed E-state index contributed by atoms with van der Waals surface area (Å²) in [4.78, 5) is 14.5. The molecule has 6 rings (SSSR count). The van der Waals surface area contributed by atoms with E-state index in [9.17, 15) is 0 Å². The molecule has 7 heteroatoms. The van der Waals surface area contributed by atoms with Crippen LogP contribution in [0.25, 0.3) is 22.5 Å². The number of aromatic nitrogens is 4. The van der Waals surface area contributed by atoms with Gasteiger partial charge >= 0.3 is 0 Å². The van der Waals surface area contributed by atoms with Gasteiger partial charge in [-0.05, 0) is 62.1 Å². The molecule has 0 radical (unpaired) electrons. The van der Waals surface area contributed by atoms with Crippen molar-refractivity contribution < 1.29 is 4.42 Å². The molecule has 0 atom stereocenters. The maximum absolute atomic E-state index is 5.97. The lowest BCUT2D eigenvalue weighted by Crippen LogP contribution is -2.48. The van der Waals surface area contributed by atoms with Crippen molar-refractivity contribution in [2.45, 2.75) is 39.8 Å². The second-order valence-corrected chi connectivity index (χ2v) is 10.8. The van der Waals surface area contributed by atoms with Gasteiger partial charge in [0.05, 0.1) is 23.3 Å². The minimum Gasteiger partial charge on any atom is -0.444 e. The summed E-state index contributed by atoms with van der Waals surface area (Å²) < 4.78 is 5.97. The first-order valence-electron chi connectivity index (χ1n) is 14.1. The first kappa shape index (κ1) is 26.2. The number of rotatable bonds is 6. The van der Waals surface area contributed by atoms with Gasteiger partial charge in [0, 0.05) is 55.6 Å². The summed E-state index contributed by atoms with van der Waals surface area (Å²) in [6.07, 6.45) is 21.8. The van der Waals surface area contributed by atoms with E-state index >= 15 is 0 Å². The molecule has 1 aliphatic heterocycles. The molecule has 40 heavy (non-hydrogen) atoms. The average molecular weight is 533 g/mol. The molecular formula is C33H36N6O. The lowest BCUT2D eigenvalue weighted by Gasteiger charge is -2.36. The highest BCUT2D eigenvalue weighted by molar-refractivity contribution is 5.85. The van der Waals surface area contributed by atoms with Gasteiger partial charge in [-0.15, -0.1) is 0 Å². The Morgan fingerprint density at radius 3 is 2.60 bits per heavy atom. The minimum atomic E-state index is 0.604. The van der Waals surface area contributed by atoms with Crippen molar-refractivity contribution in [1.82, 2.24) is 30.0 Å². The third-order valence-electron chi connectivity index (χ3n) is 7.73. The van der Waals surface area contributed by atoms with Gasteiger partial charge < -0.3 is 4.42 Å². The van der Waals surface area contributed by atoms with Crippen LogP contribution in [0.4, 0.5) is 0 Å². The van der Waals surface area contributed by atoms with Crippen LogP contribution in [0, 0.1) is 6.92 Å². The van der Waals surface area contributed by atoms with Crippen LogP contribution in [0.5, 0.6) is 0 Å². The monoisotopic (exact) mass is 532 g/mol. The molecule has 0 unspecified atom stereocenters. The van der Waals surface area contributed by atoms with Crippen LogP contribution in [0.2, 0.25) is 0 Å². The number of aromatic amines is 1. The Morgan fingerprint density at radius 2 is 1.77 bits per heavy atom. The van der Waals surface area contributed by atoms with E-state index in [4.69, 9.17) is 9.40 Å². The number of H-pyrrole nitrogens is 1. The number of fused-ring (bicyclic) bond motifs is 1. The Bertz CT molecular complexity index is 1550. The number of oxazole rings is 1. The van der Waals surface area contributed by atoms with Crippen LogP contribution < -0.4 is 0 Å². The van der Waals surface area contributed by atoms with E-state index in [-0.39, 0.29) is 0 Å². The Morgan fingerprint density at radius 1 is 0.950 bits per heavy atom. The lowest BCUT2D eigenvalue weighted by molar-refractivity contribution is 0.103. The molecule has 0 amide bonds. The van der Waals surface area contributed by atoms with Crippen molar-refractivity contribution in [3.05, 3.63) is 113 Å². The van der Waals surface area contributed by atoms with Crippen LogP contribution in [-0.4, -0.2) is 62.2 Å². The van der Waals surface area contributed by atoms with Crippen LogP contribution in [0.15, 0.2) is 94.8 Å². The van der Waals surface area contributed by atoms with Gasteiger partial charge in [-0.25, -0.2) is 4.98 Å². The topological polar surface area (TPSA) is 74.1 Å². The minimum absolute atomic E-state index is 0.604. The molecule has 0 aromatic carbocycles. The van der Waals surface area contributed by atoms with Crippen LogP contribution in [-0.2, 0) is 6.54 Å². The summed E-state index contributed by atoms with van der Waals surface area (Å²) in [6.45, 7) is 11.7.